The van der Waals surface area contributed by atoms with E-state index in [4.69, 9.17) is 0 Å². The van der Waals surface area contributed by atoms with E-state index in [1.807, 2.05) is 0 Å². The standard InChI is InChI=1S/C23H29FN4O3S/c24-18-3-1-5-20(8-18)32(30,31)27-23-11-16-7-17(12-23)10-22(9-16,15-23)26-14-21(29)28-6-2-4-19(28)13-25/h1,3,5,8,16-17,19,26-27H,2,4,6-7,9-12,14-15H2. The molecule has 5 fully saturated rings. The van der Waals surface area contributed by atoms with Crippen LogP contribution < -0.4 is 10.0 Å². The summed E-state index contributed by atoms with van der Waals surface area (Å²) >= 11 is 0. The van der Waals surface area contributed by atoms with Crippen molar-refractivity contribution >= 4 is 15.9 Å². The lowest BCUT2D eigenvalue weighted by atomic mass is 9.50. The summed E-state index contributed by atoms with van der Waals surface area (Å²) in [4.78, 5) is 14.4. The Bertz CT molecular complexity index is 1060. The Kier molecular flexibility index (Phi) is 5.31. The summed E-state index contributed by atoms with van der Waals surface area (Å²) in [6.07, 6.45) is 6.70. The van der Waals surface area contributed by atoms with Crippen molar-refractivity contribution in [3.63, 3.8) is 0 Å². The van der Waals surface area contributed by atoms with E-state index in [1.54, 1.807) is 4.90 Å². The van der Waals surface area contributed by atoms with Crippen LogP contribution in [0, 0.1) is 29.0 Å². The lowest BCUT2D eigenvalue weighted by molar-refractivity contribution is -0.131. The van der Waals surface area contributed by atoms with Gasteiger partial charge in [0.15, 0.2) is 0 Å². The number of hydrogen-bond donors (Lipinski definition) is 2. The molecule has 3 atom stereocenters. The van der Waals surface area contributed by atoms with Gasteiger partial charge in [-0.25, -0.2) is 17.5 Å². The predicted molar refractivity (Wildman–Crippen MR) is 115 cm³/mol. The third-order valence-corrected chi connectivity index (χ3v) is 9.43. The number of sulfonamides is 1. The van der Waals surface area contributed by atoms with Gasteiger partial charge in [0, 0.05) is 17.6 Å². The summed E-state index contributed by atoms with van der Waals surface area (Å²) in [5, 5.41) is 12.8. The Morgan fingerprint density at radius 2 is 1.94 bits per heavy atom. The van der Waals surface area contributed by atoms with Gasteiger partial charge in [0.1, 0.15) is 11.9 Å². The number of halogens is 1. The van der Waals surface area contributed by atoms with Gasteiger partial charge in [-0.1, -0.05) is 6.07 Å². The van der Waals surface area contributed by atoms with E-state index in [0.717, 1.165) is 51.0 Å². The third-order valence-electron chi connectivity index (χ3n) is 7.86. The van der Waals surface area contributed by atoms with Gasteiger partial charge in [0.25, 0.3) is 0 Å². The molecule has 32 heavy (non-hydrogen) atoms. The average Bonchev–Trinajstić information content (AvgIpc) is 3.19. The van der Waals surface area contributed by atoms with E-state index < -0.39 is 21.4 Å². The van der Waals surface area contributed by atoms with Crippen LogP contribution in [0.4, 0.5) is 4.39 Å². The van der Waals surface area contributed by atoms with Gasteiger partial charge in [-0.05, 0) is 81.4 Å². The molecule has 0 radical (unpaired) electrons. The molecule has 1 saturated heterocycles. The highest BCUT2D eigenvalue weighted by Gasteiger charge is 2.58. The van der Waals surface area contributed by atoms with Crippen molar-refractivity contribution in [3.8, 4) is 6.07 Å². The van der Waals surface area contributed by atoms with Crippen LogP contribution in [0.2, 0.25) is 0 Å². The van der Waals surface area contributed by atoms with E-state index in [1.165, 1.54) is 18.2 Å². The maximum atomic E-state index is 13.7. The van der Waals surface area contributed by atoms with Crippen molar-refractivity contribution in [1.82, 2.24) is 14.9 Å². The lowest BCUT2D eigenvalue weighted by Crippen LogP contribution is -2.69. The number of benzene rings is 1. The predicted octanol–water partition coefficient (Wildman–Crippen LogP) is 2.30. The quantitative estimate of drug-likeness (QED) is 0.678. The van der Waals surface area contributed by atoms with Crippen LogP contribution in [0.15, 0.2) is 29.2 Å². The Morgan fingerprint density at radius 1 is 1.22 bits per heavy atom. The molecule has 1 aromatic carbocycles. The van der Waals surface area contributed by atoms with Crippen molar-refractivity contribution < 1.29 is 17.6 Å². The molecule has 4 aliphatic carbocycles. The number of carbonyl (C=O) groups is 1. The molecule has 0 spiro atoms. The van der Waals surface area contributed by atoms with E-state index in [2.05, 4.69) is 16.1 Å². The second-order valence-corrected chi connectivity index (χ2v) is 12.0. The molecule has 7 nitrogen and oxygen atoms in total. The van der Waals surface area contributed by atoms with Gasteiger partial charge < -0.3 is 10.2 Å². The smallest absolute Gasteiger partial charge is 0.241 e. The lowest BCUT2D eigenvalue weighted by Gasteiger charge is -2.62. The molecule has 0 aromatic heterocycles. The maximum absolute atomic E-state index is 13.7. The topological polar surface area (TPSA) is 102 Å². The molecule has 1 aliphatic heterocycles. The van der Waals surface area contributed by atoms with Crippen LogP contribution in [0.1, 0.15) is 51.4 Å². The number of rotatable bonds is 6. The van der Waals surface area contributed by atoms with Crippen molar-refractivity contribution in [3.05, 3.63) is 30.1 Å². The molecular weight excluding hydrogens is 431 g/mol. The zero-order valence-corrected chi connectivity index (χ0v) is 18.8. The zero-order valence-electron chi connectivity index (χ0n) is 18.0. The molecule has 5 aliphatic rings. The van der Waals surface area contributed by atoms with Crippen LogP contribution in [0.3, 0.4) is 0 Å². The van der Waals surface area contributed by atoms with Crippen LogP contribution >= 0.6 is 0 Å². The minimum atomic E-state index is -3.86. The van der Waals surface area contributed by atoms with Crippen LogP contribution in [0.25, 0.3) is 0 Å². The number of nitrogens with zero attached hydrogens (tertiary/aromatic N) is 2. The second kappa shape index (κ2) is 7.79. The first-order chi connectivity index (χ1) is 15.2. The SMILES string of the molecule is N#CC1CCCN1C(=O)CNC12CC3CC(C1)CC(NS(=O)(=O)c1cccc(F)c1)(C3)C2. The molecule has 2 N–H and O–H groups in total. The zero-order chi connectivity index (χ0) is 22.6. The molecular formula is C23H29FN4O3S. The molecule has 6 rings (SSSR count). The Morgan fingerprint density at radius 3 is 2.62 bits per heavy atom. The number of nitrogens with one attached hydrogen (secondary N) is 2. The van der Waals surface area contributed by atoms with Crippen molar-refractivity contribution in [2.75, 3.05) is 13.1 Å². The maximum Gasteiger partial charge on any atom is 0.241 e. The Balaban J connectivity index is 1.33. The first kappa shape index (κ1) is 21.8. The number of carbonyl (C=O) groups excluding carboxylic acids is 1. The van der Waals surface area contributed by atoms with E-state index in [0.29, 0.717) is 24.8 Å². The van der Waals surface area contributed by atoms with E-state index >= 15 is 0 Å². The summed E-state index contributed by atoms with van der Waals surface area (Å²) < 4.78 is 42.8. The molecule has 4 saturated carbocycles. The first-order valence-corrected chi connectivity index (χ1v) is 12.9. The largest absolute Gasteiger partial charge is 0.326 e. The van der Waals surface area contributed by atoms with Crippen molar-refractivity contribution in [1.29, 1.82) is 5.26 Å². The summed E-state index contributed by atoms with van der Waals surface area (Å²) in [6.45, 7) is 0.790. The third kappa shape index (κ3) is 3.93. The summed E-state index contributed by atoms with van der Waals surface area (Å²) in [5.74, 6) is 0.159. The van der Waals surface area contributed by atoms with Crippen molar-refractivity contribution in [2.45, 2.75) is 73.4 Å². The fourth-order valence-electron chi connectivity index (χ4n) is 7.13. The minimum absolute atomic E-state index is 0.0537. The number of likely N-dealkylation sites (tertiary alicyclic amines) is 1. The van der Waals surface area contributed by atoms with Gasteiger partial charge in [-0.3, -0.25) is 4.79 Å². The number of hydrogen-bond acceptors (Lipinski definition) is 5. The Hall–Kier alpha value is -2.02. The highest BCUT2D eigenvalue weighted by Crippen LogP contribution is 2.57. The highest BCUT2D eigenvalue weighted by atomic mass is 32.2. The summed E-state index contributed by atoms with van der Waals surface area (Å²) in [5.41, 5.74) is -0.861. The highest BCUT2D eigenvalue weighted by molar-refractivity contribution is 7.89. The molecule has 9 heteroatoms. The van der Waals surface area contributed by atoms with Crippen LogP contribution in [-0.4, -0.2) is 49.4 Å². The van der Waals surface area contributed by atoms with Gasteiger partial charge in [0.2, 0.25) is 15.9 Å². The van der Waals surface area contributed by atoms with Gasteiger partial charge in [0.05, 0.1) is 17.5 Å². The van der Waals surface area contributed by atoms with Gasteiger partial charge in [-0.15, -0.1) is 0 Å². The van der Waals surface area contributed by atoms with E-state index in [-0.39, 0.29) is 28.9 Å². The second-order valence-electron chi connectivity index (χ2n) is 10.3. The number of amides is 1. The van der Waals surface area contributed by atoms with E-state index in [9.17, 15) is 22.9 Å². The average molecular weight is 461 g/mol. The molecule has 1 amide bonds. The molecule has 4 bridgehead atoms. The number of nitriles is 1. The fraction of sp³-hybridized carbons (Fsp3) is 0.652. The fourth-order valence-corrected chi connectivity index (χ4v) is 8.58. The van der Waals surface area contributed by atoms with Crippen LogP contribution in [-0.2, 0) is 14.8 Å². The molecule has 3 unspecified atom stereocenters. The van der Waals surface area contributed by atoms with Crippen LogP contribution in [0.5, 0.6) is 0 Å². The van der Waals surface area contributed by atoms with Crippen molar-refractivity contribution in [2.24, 2.45) is 11.8 Å². The monoisotopic (exact) mass is 460 g/mol. The normalized spacial score (nSPS) is 35.8. The Labute approximate surface area is 188 Å². The first-order valence-electron chi connectivity index (χ1n) is 11.5. The molecule has 1 heterocycles. The van der Waals surface area contributed by atoms with Gasteiger partial charge >= 0.3 is 0 Å². The minimum Gasteiger partial charge on any atom is -0.326 e. The molecule has 1 aromatic rings. The summed E-state index contributed by atoms with van der Waals surface area (Å²) in [7, 11) is -3.86. The summed E-state index contributed by atoms with van der Waals surface area (Å²) in [6, 6.07) is 6.98. The van der Waals surface area contributed by atoms with Gasteiger partial charge in [-0.2, -0.15) is 5.26 Å². The molecule has 172 valence electrons.